The highest BCUT2D eigenvalue weighted by molar-refractivity contribution is 6.32. The summed E-state index contributed by atoms with van der Waals surface area (Å²) in [6.07, 6.45) is 0. The Bertz CT molecular complexity index is 975. The molecule has 1 aromatic heterocycles. The van der Waals surface area contributed by atoms with Crippen LogP contribution in [0.5, 0.6) is 5.75 Å². The predicted octanol–water partition coefficient (Wildman–Crippen LogP) is 5.00. The Morgan fingerprint density at radius 3 is 2.52 bits per heavy atom. The van der Waals surface area contributed by atoms with E-state index in [-0.39, 0.29) is 16.7 Å². The molecule has 0 fully saturated rings. The fourth-order valence-electron chi connectivity index (χ4n) is 2.76. The largest absolute Gasteiger partial charge is 0.433 e. The van der Waals surface area contributed by atoms with Crippen molar-refractivity contribution in [2.45, 2.75) is 20.5 Å². The fraction of sp³-hybridized carbons (Fsp3) is 0.158. The summed E-state index contributed by atoms with van der Waals surface area (Å²) >= 11 is 5.92. The van der Waals surface area contributed by atoms with Gasteiger partial charge in [0, 0.05) is 5.69 Å². The molecule has 0 bridgehead atoms. The number of amides is 1. The average molecular weight is 392 g/mol. The lowest BCUT2D eigenvalue weighted by atomic mass is 10.1. The molecule has 3 rings (SSSR count). The highest BCUT2D eigenvalue weighted by Gasteiger charge is 2.20. The van der Waals surface area contributed by atoms with Crippen molar-refractivity contribution in [2.75, 3.05) is 5.32 Å². The van der Waals surface area contributed by atoms with E-state index < -0.39 is 6.61 Å². The molecule has 1 N–H and O–H groups in total. The number of hydrogen-bond donors (Lipinski definition) is 1. The summed E-state index contributed by atoms with van der Waals surface area (Å²) in [5.41, 5.74) is 2.88. The van der Waals surface area contributed by atoms with Crippen LogP contribution in [0.4, 0.5) is 14.5 Å². The minimum atomic E-state index is -2.97. The van der Waals surface area contributed by atoms with Crippen LogP contribution in [0.3, 0.4) is 0 Å². The molecule has 0 unspecified atom stereocenters. The van der Waals surface area contributed by atoms with Crippen molar-refractivity contribution >= 4 is 23.2 Å². The van der Waals surface area contributed by atoms with Crippen molar-refractivity contribution < 1.29 is 18.3 Å². The first-order valence-electron chi connectivity index (χ1n) is 8.04. The summed E-state index contributed by atoms with van der Waals surface area (Å²) in [5, 5.41) is 7.11. The minimum absolute atomic E-state index is 0.0264. The van der Waals surface area contributed by atoms with Crippen molar-refractivity contribution in [1.82, 2.24) is 9.78 Å². The molecule has 5 nitrogen and oxygen atoms in total. The van der Waals surface area contributed by atoms with Crippen LogP contribution in [0.1, 0.15) is 21.7 Å². The third kappa shape index (κ3) is 4.09. The summed E-state index contributed by atoms with van der Waals surface area (Å²) in [4.78, 5) is 12.7. The van der Waals surface area contributed by atoms with E-state index in [2.05, 4.69) is 15.2 Å². The number of benzene rings is 2. The average Bonchev–Trinajstić information content (AvgIpc) is 2.92. The lowest BCUT2D eigenvalue weighted by Gasteiger charge is -2.10. The van der Waals surface area contributed by atoms with Crippen molar-refractivity contribution in [3.8, 4) is 11.4 Å². The zero-order chi connectivity index (χ0) is 19.6. The monoisotopic (exact) mass is 391 g/mol. The zero-order valence-electron chi connectivity index (χ0n) is 14.5. The van der Waals surface area contributed by atoms with Crippen LogP contribution < -0.4 is 10.1 Å². The molecule has 0 radical (unpaired) electrons. The van der Waals surface area contributed by atoms with Gasteiger partial charge in [-0.3, -0.25) is 4.79 Å². The van der Waals surface area contributed by atoms with Gasteiger partial charge in [0.15, 0.2) is 0 Å². The Morgan fingerprint density at radius 1 is 1.19 bits per heavy atom. The van der Waals surface area contributed by atoms with Gasteiger partial charge in [-0.25, -0.2) is 4.68 Å². The molecule has 0 aliphatic carbocycles. The molecule has 0 spiro atoms. The number of rotatable bonds is 5. The van der Waals surface area contributed by atoms with Crippen molar-refractivity contribution in [2.24, 2.45) is 0 Å². The molecule has 2 aromatic carbocycles. The third-order valence-corrected chi connectivity index (χ3v) is 4.22. The van der Waals surface area contributed by atoms with Crippen molar-refractivity contribution in [1.29, 1.82) is 0 Å². The topological polar surface area (TPSA) is 56.2 Å². The van der Waals surface area contributed by atoms with Crippen molar-refractivity contribution in [3.05, 3.63) is 70.5 Å². The van der Waals surface area contributed by atoms with Crippen LogP contribution in [0.2, 0.25) is 5.02 Å². The van der Waals surface area contributed by atoms with Crippen LogP contribution in [0.15, 0.2) is 48.5 Å². The van der Waals surface area contributed by atoms with E-state index in [9.17, 15) is 13.6 Å². The number of aryl methyl sites for hydroxylation is 1. The van der Waals surface area contributed by atoms with Crippen molar-refractivity contribution in [3.63, 3.8) is 0 Å². The normalized spacial score (nSPS) is 10.9. The van der Waals surface area contributed by atoms with Crippen LogP contribution >= 0.6 is 11.6 Å². The molecule has 0 saturated carbocycles. The van der Waals surface area contributed by atoms with E-state index >= 15 is 0 Å². The van der Waals surface area contributed by atoms with Gasteiger partial charge in [-0.15, -0.1) is 0 Å². The maximum absolute atomic E-state index is 12.7. The van der Waals surface area contributed by atoms with E-state index in [0.717, 1.165) is 5.69 Å². The van der Waals surface area contributed by atoms with E-state index in [1.54, 1.807) is 18.5 Å². The molecule has 140 valence electrons. The highest BCUT2D eigenvalue weighted by Crippen LogP contribution is 2.29. The molecule has 0 atom stereocenters. The summed E-state index contributed by atoms with van der Waals surface area (Å²) in [5.74, 6) is -0.528. The molecule has 27 heavy (non-hydrogen) atoms. The molecule has 8 heteroatoms. The fourth-order valence-corrected chi connectivity index (χ4v) is 2.98. The number of nitrogens with one attached hydrogen (secondary N) is 1. The molecular formula is C19H16ClF2N3O2. The Labute approximate surface area is 159 Å². The Morgan fingerprint density at radius 2 is 1.89 bits per heavy atom. The molecule has 3 aromatic rings. The first-order valence-corrected chi connectivity index (χ1v) is 8.42. The van der Waals surface area contributed by atoms with Crippen LogP contribution in [0.25, 0.3) is 5.69 Å². The van der Waals surface area contributed by atoms with Gasteiger partial charge in [-0.2, -0.15) is 13.9 Å². The molecule has 1 amide bonds. The summed E-state index contributed by atoms with van der Waals surface area (Å²) in [7, 11) is 0. The molecular weight excluding hydrogens is 376 g/mol. The lowest BCUT2D eigenvalue weighted by molar-refractivity contribution is -0.0497. The first kappa shape index (κ1) is 18.8. The number of alkyl halides is 2. The van der Waals surface area contributed by atoms with Gasteiger partial charge in [0.25, 0.3) is 5.91 Å². The summed E-state index contributed by atoms with van der Waals surface area (Å²) in [6, 6.07) is 13.5. The predicted molar refractivity (Wildman–Crippen MR) is 99.1 cm³/mol. The van der Waals surface area contributed by atoms with Gasteiger partial charge >= 0.3 is 6.61 Å². The maximum atomic E-state index is 12.7. The maximum Gasteiger partial charge on any atom is 0.387 e. The molecule has 0 aliphatic heterocycles. The SMILES string of the molecule is Cc1nn(-c2ccccc2)c(C)c1C(=O)Nc1ccc(OC(F)F)c(Cl)c1. The highest BCUT2D eigenvalue weighted by atomic mass is 35.5. The summed E-state index contributed by atoms with van der Waals surface area (Å²) in [6.45, 7) is 0.569. The number of ether oxygens (including phenoxy) is 1. The lowest BCUT2D eigenvalue weighted by Crippen LogP contribution is -2.14. The third-order valence-electron chi connectivity index (χ3n) is 3.92. The van der Waals surface area contributed by atoms with E-state index in [4.69, 9.17) is 11.6 Å². The Balaban J connectivity index is 1.85. The second-order valence-corrected chi connectivity index (χ2v) is 6.18. The van der Waals surface area contributed by atoms with Crippen LogP contribution in [0, 0.1) is 13.8 Å². The Kier molecular flexibility index (Phi) is 5.41. The second kappa shape index (κ2) is 7.75. The van der Waals surface area contributed by atoms with Gasteiger partial charge in [0.1, 0.15) is 5.75 Å². The molecule has 0 aliphatic rings. The van der Waals surface area contributed by atoms with E-state index in [1.165, 1.54) is 18.2 Å². The quantitative estimate of drug-likeness (QED) is 0.666. The number of para-hydroxylation sites is 1. The second-order valence-electron chi connectivity index (χ2n) is 5.77. The standard InChI is InChI=1S/C19H16ClF2N3O2/c1-11-17(12(2)25(24-11)14-6-4-3-5-7-14)18(26)23-13-8-9-16(15(20)10-13)27-19(21)22/h3-10,19H,1-2H3,(H,23,26). The van der Waals surface area contributed by atoms with Gasteiger partial charge < -0.3 is 10.1 Å². The van der Waals surface area contributed by atoms with Crippen LogP contribution in [-0.2, 0) is 0 Å². The van der Waals surface area contributed by atoms with E-state index in [1.807, 2.05) is 30.3 Å². The van der Waals surface area contributed by atoms with Gasteiger partial charge in [0.2, 0.25) is 0 Å². The number of nitrogens with zero attached hydrogens (tertiary/aromatic N) is 2. The van der Waals surface area contributed by atoms with Gasteiger partial charge in [-0.05, 0) is 44.2 Å². The number of carbonyl (C=O) groups is 1. The number of halogens is 3. The van der Waals surface area contributed by atoms with Crippen LogP contribution in [-0.4, -0.2) is 22.3 Å². The Hall–Kier alpha value is -2.93. The number of hydrogen-bond acceptors (Lipinski definition) is 3. The zero-order valence-corrected chi connectivity index (χ0v) is 15.3. The van der Waals surface area contributed by atoms with E-state index in [0.29, 0.717) is 22.6 Å². The van der Waals surface area contributed by atoms with Gasteiger partial charge in [0.05, 0.1) is 27.7 Å². The number of aromatic nitrogens is 2. The number of carbonyl (C=O) groups excluding carboxylic acids is 1. The smallest absolute Gasteiger partial charge is 0.387 e. The molecule has 1 heterocycles. The van der Waals surface area contributed by atoms with Gasteiger partial charge in [-0.1, -0.05) is 29.8 Å². The molecule has 0 saturated heterocycles. The number of anilines is 1. The minimum Gasteiger partial charge on any atom is -0.433 e. The summed E-state index contributed by atoms with van der Waals surface area (Å²) < 4.78 is 30.6. The first-order chi connectivity index (χ1) is 12.9.